The summed E-state index contributed by atoms with van der Waals surface area (Å²) in [5.41, 5.74) is 2.76. The van der Waals surface area contributed by atoms with Gasteiger partial charge in [0.25, 0.3) is 5.56 Å². The summed E-state index contributed by atoms with van der Waals surface area (Å²) < 4.78 is 43.3. The molecule has 0 amide bonds. The van der Waals surface area contributed by atoms with E-state index in [4.69, 9.17) is 14.5 Å². The predicted octanol–water partition coefficient (Wildman–Crippen LogP) is 4.31. The van der Waals surface area contributed by atoms with Crippen LogP contribution < -0.4 is 5.56 Å². The molecule has 36 heavy (non-hydrogen) atoms. The minimum Gasteiger partial charge on any atom is -0.373 e. The second-order valence-electron chi connectivity index (χ2n) is 9.27. The smallest absolute Gasteiger partial charge is 0.265 e. The largest absolute Gasteiger partial charge is 0.373 e. The van der Waals surface area contributed by atoms with Crippen LogP contribution in [-0.4, -0.2) is 30.8 Å². The monoisotopic (exact) mass is 493 g/mol. The van der Waals surface area contributed by atoms with Crippen molar-refractivity contribution >= 4 is 5.65 Å². The zero-order valence-electron chi connectivity index (χ0n) is 19.8. The van der Waals surface area contributed by atoms with E-state index in [0.717, 1.165) is 30.7 Å². The molecule has 8 nitrogen and oxygen atoms in total. The van der Waals surface area contributed by atoms with Crippen molar-refractivity contribution < 1.29 is 18.3 Å². The molecule has 5 heterocycles. The Balaban J connectivity index is 1.46. The van der Waals surface area contributed by atoms with Crippen molar-refractivity contribution in [2.75, 3.05) is 6.61 Å². The first-order valence-electron chi connectivity index (χ1n) is 12.1. The van der Waals surface area contributed by atoms with E-state index in [0.29, 0.717) is 42.0 Å². The van der Waals surface area contributed by atoms with Gasteiger partial charge in [-0.3, -0.25) is 9.48 Å². The summed E-state index contributed by atoms with van der Waals surface area (Å²) in [4.78, 5) is 22.8. The first-order chi connectivity index (χ1) is 17.5. The molecule has 3 aromatic heterocycles. The number of aryl methyl sites for hydroxylation is 1. The average molecular weight is 494 g/mol. The Kier molecular flexibility index (Phi) is 5.85. The van der Waals surface area contributed by atoms with Gasteiger partial charge in [-0.25, -0.2) is 23.1 Å². The Bertz CT molecular complexity index is 1520. The lowest BCUT2D eigenvalue weighted by molar-refractivity contribution is 0.00460. The number of fused-ring (bicyclic) bond motifs is 2. The van der Waals surface area contributed by atoms with Gasteiger partial charge in [0.1, 0.15) is 17.3 Å². The summed E-state index contributed by atoms with van der Waals surface area (Å²) in [7, 11) is 0. The number of ether oxygens (including phenoxy) is 2. The molecule has 0 unspecified atom stereocenters. The van der Waals surface area contributed by atoms with E-state index in [1.165, 1.54) is 10.5 Å². The van der Waals surface area contributed by atoms with Crippen LogP contribution in [0.3, 0.4) is 0 Å². The lowest BCUT2D eigenvalue weighted by atomic mass is 9.90. The summed E-state index contributed by atoms with van der Waals surface area (Å²) in [5, 5.41) is 4.42. The number of hydrogen-bond donors (Lipinski definition) is 0. The molecule has 0 radical (unpaired) electrons. The van der Waals surface area contributed by atoms with Gasteiger partial charge in [0.2, 0.25) is 0 Å². The second kappa shape index (κ2) is 9.18. The van der Waals surface area contributed by atoms with Crippen molar-refractivity contribution in [2.24, 2.45) is 0 Å². The van der Waals surface area contributed by atoms with Crippen molar-refractivity contribution in [1.29, 1.82) is 0 Å². The molecule has 0 N–H and O–H groups in total. The summed E-state index contributed by atoms with van der Waals surface area (Å²) in [6.45, 7) is 3.86. The van der Waals surface area contributed by atoms with Gasteiger partial charge in [0, 0.05) is 48.7 Å². The Hall–Kier alpha value is -3.50. The van der Waals surface area contributed by atoms with E-state index in [-0.39, 0.29) is 42.2 Å². The zero-order valence-corrected chi connectivity index (χ0v) is 19.8. The van der Waals surface area contributed by atoms with Crippen molar-refractivity contribution in [3.05, 3.63) is 81.2 Å². The molecule has 1 fully saturated rings. The Morgan fingerprint density at radius 2 is 2.06 bits per heavy atom. The van der Waals surface area contributed by atoms with Crippen LogP contribution in [0.5, 0.6) is 0 Å². The maximum absolute atomic E-state index is 14.9. The van der Waals surface area contributed by atoms with E-state index in [9.17, 15) is 13.6 Å². The molecule has 0 saturated carbocycles. The van der Waals surface area contributed by atoms with Gasteiger partial charge in [-0.1, -0.05) is 6.92 Å². The maximum Gasteiger partial charge on any atom is 0.265 e. The zero-order chi connectivity index (χ0) is 24.8. The fourth-order valence-corrected chi connectivity index (χ4v) is 5.03. The van der Waals surface area contributed by atoms with Crippen LogP contribution in [0.2, 0.25) is 0 Å². The molecule has 2 aliphatic rings. The van der Waals surface area contributed by atoms with Crippen LogP contribution in [0.4, 0.5) is 8.78 Å². The van der Waals surface area contributed by atoms with Gasteiger partial charge in [0.15, 0.2) is 5.82 Å². The van der Waals surface area contributed by atoms with Crippen LogP contribution in [-0.2, 0) is 29.2 Å². The molecule has 1 saturated heterocycles. The van der Waals surface area contributed by atoms with Crippen molar-refractivity contribution in [3.63, 3.8) is 0 Å². The maximum atomic E-state index is 14.9. The third-order valence-electron chi connectivity index (χ3n) is 6.85. The highest BCUT2D eigenvalue weighted by Crippen LogP contribution is 2.38. The van der Waals surface area contributed by atoms with E-state index >= 15 is 0 Å². The molecule has 2 atom stereocenters. The predicted molar refractivity (Wildman–Crippen MR) is 126 cm³/mol. The summed E-state index contributed by atoms with van der Waals surface area (Å²) in [6, 6.07) is 5.05. The number of rotatable bonds is 5. The van der Waals surface area contributed by atoms with Gasteiger partial charge in [-0.2, -0.15) is 5.10 Å². The Labute approximate surface area is 205 Å². The molecule has 186 valence electrons. The minimum atomic E-state index is -0.794. The molecule has 4 aromatic rings. The SMILES string of the molecule is CCCn1cc([C@H]2C[C@@H](c3cc4nc5c(c(=O)n4c(-c4ccc(F)cc4F)n3)COC5)CCO2)cn1. The molecule has 0 spiro atoms. The standard InChI is InChI=1S/C26H25F2N5O3/c1-2-6-32-12-16(11-29-32)23-8-15(5-7-36-23)21-10-24-30-22-14-35-13-19(22)26(34)33(24)25(31-21)18-4-3-17(27)9-20(18)28/h3-4,9-12,15,23H,2,5-8,13-14H2,1H3/t15-,23+/m0/s1. The summed E-state index contributed by atoms with van der Waals surface area (Å²) >= 11 is 0. The number of nitrogens with zero attached hydrogens (tertiary/aromatic N) is 5. The molecule has 10 heteroatoms. The van der Waals surface area contributed by atoms with Crippen LogP contribution in [0.1, 0.15) is 60.7 Å². The fraction of sp³-hybridized carbons (Fsp3) is 0.385. The first-order valence-corrected chi connectivity index (χ1v) is 12.1. The summed E-state index contributed by atoms with van der Waals surface area (Å²) in [6.07, 6.45) is 6.05. The van der Waals surface area contributed by atoms with E-state index in [1.54, 1.807) is 6.07 Å². The number of aromatic nitrogens is 5. The van der Waals surface area contributed by atoms with Crippen LogP contribution >= 0.6 is 0 Å². The van der Waals surface area contributed by atoms with Gasteiger partial charge in [0.05, 0.1) is 42.3 Å². The van der Waals surface area contributed by atoms with Crippen molar-refractivity contribution in [2.45, 2.75) is 58.0 Å². The number of benzene rings is 1. The molecule has 2 aliphatic heterocycles. The summed E-state index contributed by atoms with van der Waals surface area (Å²) in [5.74, 6) is -1.40. The lowest BCUT2D eigenvalue weighted by Crippen LogP contribution is -2.25. The van der Waals surface area contributed by atoms with Crippen molar-refractivity contribution in [3.8, 4) is 11.4 Å². The third-order valence-corrected chi connectivity index (χ3v) is 6.85. The van der Waals surface area contributed by atoms with Crippen LogP contribution in [0.15, 0.2) is 41.5 Å². The van der Waals surface area contributed by atoms with Crippen LogP contribution in [0, 0.1) is 11.6 Å². The first kappa shape index (κ1) is 22.9. The second-order valence-corrected chi connectivity index (χ2v) is 9.27. The van der Waals surface area contributed by atoms with Gasteiger partial charge in [-0.05, 0) is 31.4 Å². The van der Waals surface area contributed by atoms with E-state index < -0.39 is 11.6 Å². The average Bonchev–Trinajstić information content (AvgIpc) is 3.54. The highest BCUT2D eigenvalue weighted by molar-refractivity contribution is 5.61. The van der Waals surface area contributed by atoms with Gasteiger partial charge in [-0.15, -0.1) is 0 Å². The van der Waals surface area contributed by atoms with E-state index in [1.807, 2.05) is 17.1 Å². The van der Waals surface area contributed by atoms with Gasteiger partial charge < -0.3 is 9.47 Å². The van der Waals surface area contributed by atoms with E-state index in [2.05, 4.69) is 17.0 Å². The quantitative estimate of drug-likeness (QED) is 0.412. The molecule has 0 bridgehead atoms. The minimum absolute atomic E-state index is 0.00746. The number of halogens is 2. The Morgan fingerprint density at radius 3 is 2.89 bits per heavy atom. The topological polar surface area (TPSA) is 83.5 Å². The number of hydrogen-bond acceptors (Lipinski definition) is 6. The normalized spacial score (nSPS) is 19.6. The van der Waals surface area contributed by atoms with Gasteiger partial charge >= 0.3 is 0 Å². The highest BCUT2D eigenvalue weighted by atomic mass is 19.1. The fourth-order valence-electron chi connectivity index (χ4n) is 5.03. The molecule has 6 rings (SSSR count). The third kappa shape index (κ3) is 4.00. The molecule has 0 aliphatic carbocycles. The Morgan fingerprint density at radius 1 is 1.17 bits per heavy atom. The highest BCUT2D eigenvalue weighted by Gasteiger charge is 2.29. The van der Waals surface area contributed by atoms with Crippen LogP contribution in [0.25, 0.3) is 17.0 Å². The lowest BCUT2D eigenvalue weighted by Gasteiger charge is -2.29. The molecule has 1 aromatic carbocycles. The molecular weight excluding hydrogens is 468 g/mol. The molecular formula is C26H25F2N5O3. The van der Waals surface area contributed by atoms with Crippen molar-refractivity contribution in [1.82, 2.24) is 24.1 Å².